The van der Waals surface area contributed by atoms with Gasteiger partial charge in [-0.05, 0) is 25.1 Å². The molecule has 1 aromatic rings. The van der Waals surface area contributed by atoms with Gasteiger partial charge in [0.05, 0.1) is 6.61 Å². The highest BCUT2D eigenvalue weighted by Gasteiger charge is 2.29. The van der Waals surface area contributed by atoms with Gasteiger partial charge in [0, 0.05) is 0 Å². The van der Waals surface area contributed by atoms with Crippen LogP contribution in [-0.2, 0) is 9.84 Å². The molecule has 7 heteroatoms. The SMILES string of the molecule is NCCCOc1ccccc1S(=O)(=O)C(F)F. The van der Waals surface area contributed by atoms with E-state index in [2.05, 4.69) is 0 Å². The summed E-state index contributed by atoms with van der Waals surface area (Å²) in [6.07, 6.45) is 0.517. The Bertz CT molecular complexity index is 462. The molecule has 0 radical (unpaired) electrons. The number of rotatable bonds is 6. The normalized spacial score (nSPS) is 11.8. The molecule has 0 aliphatic rings. The van der Waals surface area contributed by atoms with Crippen LogP contribution in [0.25, 0.3) is 0 Å². The highest BCUT2D eigenvalue weighted by atomic mass is 32.2. The van der Waals surface area contributed by atoms with Crippen molar-refractivity contribution in [1.82, 2.24) is 0 Å². The summed E-state index contributed by atoms with van der Waals surface area (Å²) in [6, 6.07) is 5.32. The highest BCUT2D eigenvalue weighted by Crippen LogP contribution is 2.27. The number of ether oxygens (including phenoxy) is 1. The molecule has 0 amide bonds. The molecule has 0 atom stereocenters. The fraction of sp³-hybridized carbons (Fsp3) is 0.400. The van der Waals surface area contributed by atoms with Crippen LogP contribution in [0.1, 0.15) is 6.42 Å². The van der Waals surface area contributed by atoms with Crippen molar-refractivity contribution in [2.75, 3.05) is 13.2 Å². The van der Waals surface area contributed by atoms with Gasteiger partial charge >= 0.3 is 5.76 Å². The maximum absolute atomic E-state index is 12.4. The first-order valence-corrected chi connectivity index (χ1v) is 6.48. The van der Waals surface area contributed by atoms with E-state index in [4.69, 9.17) is 10.5 Å². The molecule has 0 aliphatic heterocycles. The van der Waals surface area contributed by atoms with Crippen LogP contribution in [0, 0.1) is 0 Å². The van der Waals surface area contributed by atoms with E-state index in [0.29, 0.717) is 13.0 Å². The largest absolute Gasteiger partial charge is 0.492 e. The predicted octanol–water partition coefficient (Wildman–Crippen LogP) is 1.41. The number of alkyl halides is 2. The maximum Gasteiger partial charge on any atom is 0.341 e. The van der Waals surface area contributed by atoms with E-state index in [1.54, 1.807) is 0 Å². The Balaban J connectivity index is 3.00. The van der Waals surface area contributed by atoms with Crippen LogP contribution in [0.3, 0.4) is 0 Å². The molecule has 17 heavy (non-hydrogen) atoms. The van der Waals surface area contributed by atoms with Crippen molar-refractivity contribution < 1.29 is 21.9 Å². The predicted molar refractivity (Wildman–Crippen MR) is 58.8 cm³/mol. The molecule has 0 bridgehead atoms. The average Bonchev–Trinajstić information content (AvgIpc) is 2.29. The van der Waals surface area contributed by atoms with Gasteiger partial charge in [0.15, 0.2) is 0 Å². The van der Waals surface area contributed by atoms with E-state index in [9.17, 15) is 17.2 Å². The number of hydrogen-bond donors (Lipinski definition) is 1. The quantitative estimate of drug-likeness (QED) is 0.789. The van der Waals surface area contributed by atoms with Gasteiger partial charge in [-0.2, -0.15) is 8.78 Å². The Morgan fingerprint density at radius 1 is 1.29 bits per heavy atom. The number of sulfone groups is 1. The van der Waals surface area contributed by atoms with Crippen LogP contribution in [0.15, 0.2) is 29.2 Å². The molecular formula is C10H13F2NO3S. The molecule has 0 aliphatic carbocycles. The van der Waals surface area contributed by atoms with Crippen LogP contribution in [0.2, 0.25) is 0 Å². The van der Waals surface area contributed by atoms with E-state index < -0.39 is 20.5 Å². The van der Waals surface area contributed by atoms with Gasteiger partial charge in [0.25, 0.3) is 0 Å². The van der Waals surface area contributed by atoms with E-state index in [1.165, 1.54) is 18.2 Å². The second kappa shape index (κ2) is 5.92. The minimum Gasteiger partial charge on any atom is -0.492 e. The Kier molecular flexibility index (Phi) is 4.83. The fourth-order valence-electron chi connectivity index (χ4n) is 1.17. The van der Waals surface area contributed by atoms with Gasteiger partial charge < -0.3 is 10.5 Å². The van der Waals surface area contributed by atoms with Gasteiger partial charge in [-0.15, -0.1) is 0 Å². The third kappa shape index (κ3) is 3.37. The zero-order chi connectivity index (χ0) is 12.9. The molecule has 0 aromatic heterocycles. The number of halogens is 2. The third-order valence-corrected chi connectivity index (χ3v) is 3.42. The van der Waals surface area contributed by atoms with Crippen molar-refractivity contribution in [3.05, 3.63) is 24.3 Å². The van der Waals surface area contributed by atoms with Gasteiger partial charge in [0.1, 0.15) is 10.6 Å². The molecule has 0 heterocycles. The topological polar surface area (TPSA) is 69.4 Å². The molecule has 0 unspecified atom stereocenters. The summed E-state index contributed by atoms with van der Waals surface area (Å²) in [5, 5.41) is 0. The van der Waals surface area contributed by atoms with Crippen molar-refractivity contribution in [1.29, 1.82) is 0 Å². The second-order valence-corrected chi connectivity index (χ2v) is 5.13. The van der Waals surface area contributed by atoms with E-state index in [-0.39, 0.29) is 12.4 Å². The van der Waals surface area contributed by atoms with Gasteiger partial charge in [-0.3, -0.25) is 0 Å². The fourth-order valence-corrected chi connectivity index (χ4v) is 2.03. The maximum atomic E-state index is 12.4. The Morgan fingerprint density at radius 2 is 1.94 bits per heavy atom. The minimum atomic E-state index is -4.63. The summed E-state index contributed by atoms with van der Waals surface area (Å²) >= 11 is 0. The molecule has 0 spiro atoms. The molecule has 96 valence electrons. The number of nitrogens with two attached hydrogens (primary N) is 1. The Morgan fingerprint density at radius 3 is 2.53 bits per heavy atom. The smallest absolute Gasteiger partial charge is 0.341 e. The first-order chi connectivity index (χ1) is 8.00. The summed E-state index contributed by atoms with van der Waals surface area (Å²) < 4.78 is 52.6. The Hall–Kier alpha value is -1.21. The first kappa shape index (κ1) is 13.9. The summed E-state index contributed by atoms with van der Waals surface area (Å²) in [5.41, 5.74) is 5.25. The lowest BCUT2D eigenvalue weighted by molar-refractivity contribution is 0.233. The van der Waals surface area contributed by atoms with Crippen LogP contribution in [0.4, 0.5) is 8.78 Å². The molecule has 0 fully saturated rings. The Labute approximate surface area is 98.3 Å². The lowest BCUT2D eigenvalue weighted by Gasteiger charge is -2.10. The minimum absolute atomic E-state index is 0.0683. The average molecular weight is 265 g/mol. The summed E-state index contributed by atoms with van der Waals surface area (Å²) in [4.78, 5) is -0.493. The summed E-state index contributed by atoms with van der Waals surface area (Å²) in [5.74, 6) is -3.52. The van der Waals surface area contributed by atoms with Gasteiger partial charge in [-0.25, -0.2) is 8.42 Å². The van der Waals surface area contributed by atoms with Gasteiger partial charge in [-0.1, -0.05) is 12.1 Å². The van der Waals surface area contributed by atoms with Crippen molar-refractivity contribution >= 4 is 9.84 Å². The van der Waals surface area contributed by atoms with Crippen molar-refractivity contribution in [3.63, 3.8) is 0 Å². The van der Waals surface area contributed by atoms with Crippen LogP contribution in [0.5, 0.6) is 5.75 Å². The highest BCUT2D eigenvalue weighted by molar-refractivity contribution is 7.91. The summed E-state index contributed by atoms with van der Waals surface area (Å²) in [7, 11) is -4.63. The van der Waals surface area contributed by atoms with E-state index >= 15 is 0 Å². The molecule has 0 saturated heterocycles. The molecule has 1 rings (SSSR count). The lowest BCUT2D eigenvalue weighted by atomic mass is 10.3. The van der Waals surface area contributed by atoms with E-state index in [1.807, 2.05) is 0 Å². The zero-order valence-electron chi connectivity index (χ0n) is 8.97. The monoisotopic (exact) mass is 265 g/mol. The van der Waals surface area contributed by atoms with Crippen molar-refractivity contribution in [3.8, 4) is 5.75 Å². The van der Waals surface area contributed by atoms with E-state index in [0.717, 1.165) is 6.07 Å². The molecule has 1 aromatic carbocycles. The van der Waals surface area contributed by atoms with Crippen molar-refractivity contribution in [2.24, 2.45) is 5.73 Å². The third-order valence-electron chi connectivity index (χ3n) is 2.00. The van der Waals surface area contributed by atoms with Gasteiger partial charge in [0.2, 0.25) is 9.84 Å². The number of hydrogen-bond acceptors (Lipinski definition) is 4. The summed E-state index contributed by atoms with van der Waals surface area (Å²) in [6.45, 7) is 0.566. The molecule has 2 N–H and O–H groups in total. The van der Waals surface area contributed by atoms with Crippen LogP contribution < -0.4 is 10.5 Å². The molecular weight excluding hydrogens is 252 g/mol. The van der Waals surface area contributed by atoms with Crippen LogP contribution >= 0.6 is 0 Å². The van der Waals surface area contributed by atoms with Crippen LogP contribution in [-0.4, -0.2) is 27.3 Å². The second-order valence-electron chi connectivity index (χ2n) is 3.24. The molecule has 0 saturated carbocycles. The zero-order valence-corrected chi connectivity index (χ0v) is 9.79. The number of para-hydroxylation sites is 1. The van der Waals surface area contributed by atoms with Crippen molar-refractivity contribution in [2.45, 2.75) is 17.1 Å². The lowest BCUT2D eigenvalue weighted by Crippen LogP contribution is -2.14. The molecule has 4 nitrogen and oxygen atoms in total. The first-order valence-electron chi connectivity index (χ1n) is 4.94. The standard InChI is InChI=1S/C10H13F2NO3S/c11-10(12)17(14,15)9-5-2-1-4-8(9)16-7-3-6-13/h1-2,4-5,10H,3,6-7,13H2. The number of benzene rings is 1.